The zero-order valence-electron chi connectivity index (χ0n) is 16.8. The molecule has 0 aromatic heterocycles. The fourth-order valence-corrected chi connectivity index (χ4v) is 5.34. The summed E-state index contributed by atoms with van der Waals surface area (Å²) in [4.78, 5) is 12.2. The SMILES string of the molecule is Cc1cccc(NC(=O)COc2ccc(S(=O)(=O)N3CCc4ccccc43)cc2Cl)c1. The van der Waals surface area contributed by atoms with Crippen LogP contribution in [0, 0.1) is 6.92 Å². The number of nitrogens with one attached hydrogen (secondary N) is 1. The largest absolute Gasteiger partial charge is 0.482 e. The van der Waals surface area contributed by atoms with Crippen LogP contribution in [-0.4, -0.2) is 27.5 Å². The maximum absolute atomic E-state index is 13.1. The smallest absolute Gasteiger partial charge is 0.264 e. The molecule has 3 aromatic carbocycles. The highest BCUT2D eigenvalue weighted by atomic mass is 35.5. The molecule has 3 aromatic rings. The molecule has 0 saturated heterocycles. The van der Waals surface area contributed by atoms with Gasteiger partial charge in [-0.3, -0.25) is 9.10 Å². The predicted molar refractivity (Wildman–Crippen MR) is 121 cm³/mol. The molecule has 0 fully saturated rings. The molecule has 0 atom stereocenters. The number of anilines is 2. The normalized spacial score (nSPS) is 13.0. The third kappa shape index (κ3) is 4.52. The zero-order valence-corrected chi connectivity index (χ0v) is 18.4. The summed E-state index contributed by atoms with van der Waals surface area (Å²) in [6.45, 7) is 2.07. The molecular weight excluding hydrogens is 436 g/mol. The molecule has 1 aliphatic heterocycles. The molecule has 1 amide bonds. The minimum atomic E-state index is -3.75. The summed E-state index contributed by atoms with van der Waals surface area (Å²) >= 11 is 6.27. The number of para-hydroxylation sites is 1. The summed E-state index contributed by atoms with van der Waals surface area (Å²) in [7, 11) is -3.75. The Labute approximate surface area is 186 Å². The highest BCUT2D eigenvalue weighted by Crippen LogP contribution is 2.35. The summed E-state index contributed by atoms with van der Waals surface area (Å²) in [6, 6.07) is 19.1. The lowest BCUT2D eigenvalue weighted by Crippen LogP contribution is -2.29. The average molecular weight is 457 g/mol. The van der Waals surface area contributed by atoms with E-state index in [2.05, 4.69) is 5.32 Å². The highest BCUT2D eigenvalue weighted by Gasteiger charge is 2.31. The fourth-order valence-electron chi connectivity index (χ4n) is 3.51. The minimum absolute atomic E-state index is 0.0748. The number of rotatable bonds is 6. The molecule has 0 radical (unpaired) electrons. The van der Waals surface area contributed by atoms with Crippen molar-refractivity contribution in [3.63, 3.8) is 0 Å². The molecule has 0 aliphatic carbocycles. The van der Waals surface area contributed by atoms with Gasteiger partial charge >= 0.3 is 0 Å². The van der Waals surface area contributed by atoms with Crippen LogP contribution in [0.4, 0.5) is 11.4 Å². The number of fused-ring (bicyclic) bond motifs is 1. The van der Waals surface area contributed by atoms with Crippen molar-refractivity contribution in [2.75, 3.05) is 22.8 Å². The van der Waals surface area contributed by atoms with Crippen molar-refractivity contribution < 1.29 is 17.9 Å². The lowest BCUT2D eigenvalue weighted by Gasteiger charge is -2.20. The molecule has 0 spiro atoms. The molecular formula is C23H21ClN2O4S. The number of nitrogens with zero attached hydrogens (tertiary/aromatic N) is 1. The number of amides is 1. The van der Waals surface area contributed by atoms with Crippen LogP contribution in [-0.2, 0) is 21.2 Å². The van der Waals surface area contributed by atoms with Gasteiger partial charge in [0.15, 0.2) is 6.61 Å². The van der Waals surface area contributed by atoms with Gasteiger partial charge in [-0.05, 0) is 60.9 Å². The van der Waals surface area contributed by atoms with Gasteiger partial charge in [0.25, 0.3) is 15.9 Å². The van der Waals surface area contributed by atoms with Gasteiger partial charge in [-0.2, -0.15) is 0 Å². The number of benzene rings is 3. The van der Waals surface area contributed by atoms with E-state index < -0.39 is 10.0 Å². The van der Waals surface area contributed by atoms with Crippen LogP contribution in [0.25, 0.3) is 0 Å². The second-order valence-electron chi connectivity index (χ2n) is 7.25. The first-order chi connectivity index (χ1) is 14.8. The van der Waals surface area contributed by atoms with Crippen LogP contribution in [0.3, 0.4) is 0 Å². The molecule has 31 heavy (non-hydrogen) atoms. The van der Waals surface area contributed by atoms with Crippen molar-refractivity contribution in [1.29, 1.82) is 0 Å². The summed E-state index contributed by atoms with van der Waals surface area (Å²) in [6.07, 6.45) is 0.667. The van der Waals surface area contributed by atoms with Crippen molar-refractivity contribution in [1.82, 2.24) is 0 Å². The lowest BCUT2D eigenvalue weighted by molar-refractivity contribution is -0.118. The van der Waals surface area contributed by atoms with Crippen molar-refractivity contribution in [3.05, 3.63) is 82.9 Å². The Kier molecular flexibility index (Phi) is 5.89. The summed E-state index contributed by atoms with van der Waals surface area (Å²) in [5, 5.41) is 2.87. The molecule has 1 aliphatic rings. The Balaban J connectivity index is 1.45. The van der Waals surface area contributed by atoms with Gasteiger partial charge in [-0.25, -0.2) is 8.42 Å². The van der Waals surface area contributed by atoms with Crippen LogP contribution in [0.15, 0.2) is 71.6 Å². The molecule has 160 valence electrons. The molecule has 0 saturated carbocycles. The van der Waals surface area contributed by atoms with E-state index in [0.717, 1.165) is 11.1 Å². The van der Waals surface area contributed by atoms with E-state index in [9.17, 15) is 13.2 Å². The number of carbonyl (C=O) groups is 1. The number of carbonyl (C=O) groups excluding carboxylic acids is 1. The lowest BCUT2D eigenvalue weighted by atomic mass is 10.2. The van der Waals surface area contributed by atoms with Gasteiger partial charge < -0.3 is 10.1 Å². The van der Waals surface area contributed by atoms with E-state index in [4.69, 9.17) is 16.3 Å². The molecule has 4 rings (SSSR count). The van der Waals surface area contributed by atoms with Crippen molar-refractivity contribution >= 4 is 38.9 Å². The molecule has 6 nitrogen and oxygen atoms in total. The number of hydrogen-bond acceptors (Lipinski definition) is 4. The van der Waals surface area contributed by atoms with Crippen LogP contribution in [0.1, 0.15) is 11.1 Å². The van der Waals surface area contributed by atoms with Crippen LogP contribution in [0.2, 0.25) is 5.02 Å². The number of hydrogen-bond donors (Lipinski definition) is 1. The Morgan fingerprint density at radius 1 is 1.10 bits per heavy atom. The summed E-state index contributed by atoms with van der Waals surface area (Å²) < 4.78 is 33.1. The van der Waals surface area contributed by atoms with Gasteiger partial charge in [-0.15, -0.1) is 0 Å². The van der Waals surface area contributed by atoms with E-state index in [0.29, 0.717) is 24.3 Å². The molecule has 1 N–H and O–H groups in total. The Hall–Kier alpha value is -3.03. The number of aryl methyl sites for hydroxylation is 1. The van der Waals surface area contributed by atoms with Crippen molar-refractivity contribution in [3.8, 4) is 5.75 Å². The first-order valence-corrected chi connectivity index (χ1v) is 11.6. The first-order valence-electron chi connectivity index (χ1n) is 9.74. The van der Waals surface area contributed by atoms with Crippen LogP contribution >= 0.6 is 11.6 Å². The minimum Gasteiger partial charge on any atom is -0.482 e. The number of ether oxygens (including phenoxy) is 1. The maximum Gasteiger partial charge on any atom is 0.264 e. The van der Waals surface area contributed by atoms with Crippen LogP contribution in [0.5, 0.6) is 5.75 Å². The Bertz CT molecular complexity index is 1240. The zero-order chi connectivity index (χ0) is 22.0. The van der Waals surface area contributed by atoms with Crippen molar-refractivity contribution in [2.24, 2.45) is 0 Å². The maximum atomic E-state index is 13.1. The van der Waals surface area contributed by atoms with Gasteiger partial charge in [0.2, 0.25) is 0 Å². The quantitative estimate of drug-likeness (QED) is 0.595. The van der Waals surface area contributed by atoms with Crippen molar-refractivity contribution in [2.45, 2.75) is 18.2 Å². The van der Waals surface area contributed by atoms with E-state index in [1.54, 1.807) is 12.1 Å². The molecule has 8 heteroatoms. The second-order valence-corrected chi connectivity index (χ2v) is 9.52. The van der Waals surface area contributed by atoms with E-state index in [1.165, 1.54) is 22.5 Å². The fraction of sp³-hybridized carbons (Fsp3) is 0.174. The van der Waals surface area contributed by atoms with Gasteiger partial charge in [-0.1, -0.05) is 41.9 Å². The number of halogens is 1. The molecule has 0 unspecified atom stereocenters. The third-order valence-corrected chi connectivity index (χ3v) is 7.10. The summed E-state index contributed by atoms with van der Waals surface area (Å²) in [5.41, 5.74) is 3.38. The van der Waals surface area contributed by atoms with E-state index >= 15 is 0 Å². The first kappa shape index (κ1) is 21.2. The third-order valence-electron chi connectivity index (χ3n) is 5.00. The second kappa shape index (κ2) is 8.61. The van der Waals surface area contributed by atoms with Gasteiger partial charge in [0.1, 0.15) is 5.75 Å². The molecule has 0 bridgehead atoms. The highest BCUT2D eigenvalue weighted by molar-refractivity contribution is 7.92. The van der Waals surface area contributed by atoms with Gasteiger partial charge in [0.05, 0.1) is 15.6 Å². The average Bonchev–Trinajstić information content (AvgIpc) is 3.18. The Morgan fingerprint density at radius 2 is 1.90 bits per heavy atom. The summed E-state index contributed by atoms with van der Waals surface area (Å²) in [5.74, 6) is -0.103. The number of sulfonamides is 1. The van der Waals surface area contributed by atoms with Gasteiger partial charge in [0, 0.05) is 12.2 Å². The monoisotopic (exact) mass is 456 g/mol. The van der Waals surface area contributed by atoms with E-state index in [-0.39, 0.29) is 28.2 Å². The van der Waals surface area contributed by atoms with Crippen LogP contribution < -0.4 is 14.4 Å². The molecule has 1 heterocycles. The predicted octanol–water partition coefficient (Wildman–Crippen LogP) is 4.42. The Morgan fingerprint density at radius 3 is 2.68 bits per heavy atom. The van der Waals surface area contributed by atoms with E-state index in [1.807, 2.05) is 43.3 Å². The standard InChI is InChI=1S/C23H21ClN2O4S/c1-16-5-4-7-18(13-16)25-23(27)15-30-22-10-9-19(14-20(22)24)31(28,29)26-12-11-17-6-2-3-8-21(17)26/h2-10,13-14H,11-12,15H2,1H3,(H,25,27). The topological polar surface area (TPSA) is 75.7 Å².